The molecule has 2 heterocycles. The Labute approximate surface area is 174 Å². The van der Waals surface area contributed by atoms with Crippen molar-refractivity contribution < 1.29 is 14.0 Å². The van der Waals surface area contributed by atoms with Crippen LogP contribution in [-0.2, 0) is 4.79 Å². The molecule has 2 aromatic heterocycles. The number of hydrogen-bond donors (Lipinski definition) is 2. The smallest absolute Gasteiger partial charge is 0.251 e. The molecule has 1 aromatic carbocycles. The number of primary amides is 1. The predicted molar refractivity (Wildman–Crippen MR) is 110 cm³/mol. The number of hydrogen-bond acceptors (Lipinski definition) is 6. The van der Waals surface area contributed by atoms with Crippen molar-refractivity contribution in [3.05, 3.63) is 47.1 Å². The van der Waals surface area contributed by atoms with E-state index in [2.05, 4.69) is 15.5 Å². The van der Waals surface area contributed by atoms with Crippen molar-refractivity contribution in [2.75, 3.05) is 5.32 Å². The Bertz CT molecular complexity index is 1080. The number of aromatic nitrogens is 3. The lowest BCUT2D eigenvalue weighted by molar-refractivity contribution is -0.115. The molecule has 1 saturated carbocycles. The first-order valence-corrected chi connectivity index (χ1v) is 10.8. The van der Waals surface area contributed by atoms with Gasteiger partial charge in [-0.25, -0.2) is 4.39 Å². The van der Waals surface area contributed by atoms with E-state index in [-0.39, 0.29) is 23.3 Å². The van der Waals surface area contributed by atoms with Gasteiger partial charge < -0.3 is 11.1 Å². The summed E-state index contributed by atoms with van der Waals surface area (Å²) in [5.41, 5.74) is 5.99. The van der Waals surface area contributed by atoms with Crippen molar-refractivity contribution in [1.82, 2.24) is 14.8 Å². The number of amides is 2. The van der Waals surface area contributed by atoms with Crippen LogP contribution in [0.5, 0.6) is 0 Å². The third kappa shape index (κ3) is 4.03. The van der Waals surface area contributed by atoms with Crippen LogP contribution >= 0.6 is 23.1 Å². The average molecular weight is 432 g/mol. The van der Waals surface area contributed by atoms with Gasteiger partial charge in [0.1, 0.15) is 10.8 Å². The number of carbonyl (C=O) groups is 2. The second-order valence-corrected chi connectivity index (χ2v) is 8.89. The monoisotopic (exact) mass is 431 g/mol. The van der Waals surface area contributed by atoms with Crippen LogP contribution in [-0.4, -0.2) is 31.8 Å². The quantitative estimate of drug-likeness (QED) is 0.555. The molecule has 0 radical (unpaired) electrons. The number of nitrogens with two attached hydrogens (primary N) is 1. The highest BCUT2D eigenvalue weighted by atomic mass is 32.2. The van der Waals surface area contributed by atoms with E-state index >= 15 is 0 Å². The van der Waals surface area contributed by atoms with Crippen LogP contribution in [0.2, 0.25) is 0 Å². The van der Waals surface area contributed by atoms with E-state index < -0.39 is 11.2 Å². The Hall–Kier alpha value is -2.72. The Kier molecular flexibility index (Phi) is 5.37. The fourth-order valence-electron chi connectivity index (χ4n) is 2.87. The van der Waals surface area contributed by atoms with Gasteiger partial charge in [-0.3, -0.25) is 14.2 Å². The van der Waals surface area contributed by atoms with Gasteiger partial charge in [0.2, 0.25) is 5.91 Å². The summed E-state index contributed by atoms with van der Waals surface area (Å²) in [4.78, 5) is 24.1. The minimum Gasteiger partial charge on any atom is -0.366 e. The summed E-state index contributed by atoms with van der Waals surface area (Å²) in [7, 11) is 0. The van der Waals surface area contributed by atoms with Crippen LogP contribution in [0.15, 0.2) is 40.9 Å². The Balaban J connectivity index is 1.55. The number of benzene rings is 1. The number of thioether (sulfide) groups is 1. The summed E-state index contributed by atoms with van der Waals surface area (Å²) < 4.78 is 16.2. The van der Waals surface area contributed by atoms with E-state index in [9.17, 15) is 14.0 Å². The first kappa shape index (κ1) is 19.6. The number of thiophene rings is 1. The van der Waals surface area contributed by atoms with Crippen LogP contribution in [0.3, 0.4) is 0 Å². The van der Waals surface area contributed by atoms with E-state index in [0.29, 0.717) is 21.5 Å². The highest BCUT2D eigenvalue weighted by molar-refractivity contribution is 8.00. The molecule has 1 aliphatic carbocycles. The molecule has 3 aromatic rings. The number of carbonyl (C=O) groups excluding carboxylic acids is 2. The maximum Gasteiger partial charge on any atom is 0.251 e. The summed E-state index contributed by atoms with van der Waals surface area (Å²) in [5.74, 6) is -0.765. The van der Waals surface area contributed by atoms with Crippen molar-refractivity contribution in [3.8, 4) is 11.4 Å². The predicted octanol–water partition coefficient (Wildman–Crippen LogP) is 3.70. The van der Waals surface area contributed by atoms with Crippen molar-refractivity contribution in [2.45, 2.75) is 36.2 Å². The normalized spacial score (nSPS) is 14.6. The topological polar surface area (TPSA) is 103 Å². The molecule has 0 bridgehead atoms. The molecule has 10 heteroatoms. The van der Waals surface area contributed by atoms with E-state index in [1.165, 1.54) is 29.2 Å². The molecule has 4 rings (SSSR count). The summed E-state index contributed by atoms with van der Waals surface area (Å²) in [5, 5.41) is 13.3. The maximum absolute atomic E-state index is 14.3. The van der Waals surface area contributed by atoms with Gasteiger partial charge in [0, 0.05) is 6.04 Å². The van der Waals surface area contributed by atoms with Crippen molar-refractivity contribution in [3.63, 3.8) is 0 Å². The number of halogens is 1. The molecule has 1 unspecified atom stereocenters. The summed E-state index contributed by atoms with van der Waals surface area (Å²) in [6.07, 6.45) is 1.93. The van der Waals surface area contributed by atoms with Crippen molar-refractivity contribution in [1.29, 1.82) is 0 Å². The second-order valence-electron chi connectivity index (χ2n) is 6.66. The first-order valence-electron chi connectivity index (χ1n) is 9.00. The number of anilines is 1. The number of nitrogens with zero attached hydrogens (tertiary/aromatic N) is 3. The Morgan fingerprint density at radius 3 is 2.76 bits per heavy atom. The van der Waals surface area contributed by atoms with E-state index in [1.807, 2.05) is 4.57 Å². The zero-order valence-corrected chi connectivity index (χ0v) is 17.1. The lowest BCUT2D eigenvalue weighted by atomic mass is 10.2. The molecule has 150 valence electrons. The molecule has 3 N–H and O–H groups in total. The highest BCUT2D eigenvalue weighted by Gasteiger charge is 2.32. The van der Waals surface area contributed by atoms with Crippen LogP contribution in [0.25, 0.3) is 11.4 Å². The van der Waals surface area contributed by atoms with Crippen molar-refractivity contribution in [2.24, 2.45) is 5.73 Å². The molecular formula is C19H18FN5O2S2. The first-order chi connectivity index (χ1) is 14.0. The van der Waals surface area contributed by atoms with E-state index in [0.717, 1.165) is 12.8 Å². The fourth-order valence-corrected chi connectivity index (χ4v) is 4.59. The molecule has 7 nitrogen and oxygen atoms in total. The van der Waals surface area contributed by atoms with Crippen LogP contribution in [0.1, 0.15) is 36.2 Å². The van der Waals surface area contributed by atoms with Crippen LogP contribution in [0, 0.1) is 5.82 Å². The lowest BCUT2D eigenvalue weighted by Gasteiger charge is -2.13. The molecule has 1 fully saturated rings. The lowest BCUT2D eigenvalue weighted by Crippen LogP contribution is -2.24. The van der Waals surface area contributed by atoms with Crippen LogP contribution in [0.4, 0.5) is 9.39 Å². The molecule has 1 atom stereocenters. The molecule has 0 saturated heterocycles. The second kappa shape index (κ2) is 7.96. The highest BCUT2D eigenvalue weighted by Crippen LogP contribution is 2.42. The minimum absolute atomic E-state index is 0.205. The van der Waals surface area contributed by atoms with Gasteiger partial charge in [0.25, 0.3) is 5.91 Å². The summed E-state index contributed by atoms with van der Waals surface area (Å²) in [6, 6.07) is 8.22. The largest absolute Gasteiger partial charge is 0.366 e. The zero-order chi connectivity index (χ0) is 20.5. The number of nitrogens with one attached hydrogen (secondary N) is 1. The standard InChI is InChI=1S/C19H18FN5O2S2/c1-10(17(27)22-18-13(15(21)26)8-9-28-18)29-19-24-23-16(25(19)11-6-7-11)12-4-2-3-5-14(12)20/h2-5,8-11H,6-7H2,1H3,(H2,21,26)(H,22,27). The molecule has 29 heavy (non-hydrogen) atoms. The van der Waals surface area contributed by atoms with Crippen LogP contribution < -0.4 is 11.1 Å². The van der Waals surface area contributed by atoms with Gasteiger partial charge in [-0.1, -0.05) is 23.9 Å². The van der Waals surface area contributed by atoms with Gasteiger partial charge in [-0.05, 0) is 43.3 Å². The third-order valence-corrected chi connectivity index (χ3v) is 6.40. The molecular weight excluding hydrogens is 413 g/mol. The zero-order valence-electron chi connectivity index (χ0n) is 15.5. The van der Waals surface area contributed by atoms with Crippen molar-refractivity contribution >= 4 is 39.9 Å². The molecule has 1 aliphatic rings. The van der Waals surface area contributed by atoms with E-state index in [1.54, 1.807) is 36.6 Å². The van der Waals surface area contributed by atoms with Gasteiger partial charge in [0.05, 0.1) is 16.4 Å². The fraction of sp³-hybridized carbons (Fsp3) is 0.263. The molecule has 0 aliphatic heterocycles. The summed E-state index contributed by atoms with van der Waals surface area (Å²) >= 11 is 2.48. The minimum atomic E-state index is -0.593. The number of rotatable bonds is 7. The van der Waals surface area contributed by atoms with Gasteiger partial charge in [-0.2, -0.15) is 0 Å². The van der Waals surface area contributed by atoms with Gasteiger partial charge in [0.15, 0.2) is 11.0 Å². The third-order valence-electron chi connectivity index (χ3n) is 4.51. The summed E-state index contributed by atoms with van der Waals surface area (Å²) in [6.45, 7) is 1.74. The van der Waals surface area contributed by atoms with Gasteiger partial charge in [-0.15, -0.1) is 21.5 Å². The SMILES string of the molecule is CC(Sc1nnc(-c2ccccc2F)n1C1CC1)C(=O)Nc1sccc1C(N)=O. The molecule has 2 amide bonds. The Morgan fingerprint density at radius 2 is 2.07 bits per heavy atom. The average Bonchev–Trinajstić information content (AvgIpc) is 3.27. The Morgan fingerprint density at radius 1 is 1.31 bits per heavy atom. The van der Waals surface area contributed by atoms with Gasteiger partial charge >= 0.3 is 0 Å². The maximum atomic E-state index is 14.3. The van der Waals surface area contributed by atoms with E-state index in [4.69, 9.17) is 5.73 Å². The molecule has 0 spiro atoms.